The number of aryl methyl sites for hydroxylation is 1. The van der Waals surface area contributed by atoms with Crippen LogP contribution in [-0.4, -0.2) is 29.4 Å². The van der Waals surface area contributed by atoms with Gasteiger partial charge in [-0.25, -0.2) is 0 Å². The van der Waals surface area contributed by atoms with Gasteiger partial charge in [0.2, 0.25) is 11.8 Å². The van der Waals surface area contributed by atoms with E-state index in [2.05, 4.69) is 10.3 Å². The number of amides is 2. The first-order valence-electron chi connectivity index (χ1n) is 7.06. The second-order valence-corrected chi connectivity index (χ2v) is 5.33. The lowest BCUT2D eigenvalue weighted by atomic mass is 9.98. The summed E-state index contributed by atoms with van der Waals surface area (Å²) in [5.41, 5.74) is 1.79. The number of nitrogens with zero attached hydrogens (tertiary/aromatic N) is 2. The molecule has 0 bridgehead atoms. The number of pyridine rings is 1. The number of anilines is 1. The normalized spacial score (nSPS) is 21.4. The molecule has 1 N–H and O–H groups in total. The van der Waals surface area contributed by atoms with E-state index >= 15 is 0 Å². The van der Waals surface area contributed by atoms with Crippen molar-refractivity contribution < 1.29 is 9.59 Å². The predicted molar refractivity (Wildman–Crippen MR) is 77.3 cm³/mol. The Hall–Kier alpha value is -1.91. The Bertz CT molecular complexity index is 516. The van der Waals surface area contributed by atoms with Crippen LogP contribution in [0.3, 0.4) is 0 Å². The van der Waals surface area contributed by atoms with Crippen LogP contribution in [0.15, 0.2) is 18.5 Å². The molecule has 1 aliphatic heterocycles. The summed E-state index contributed by atoms with van der Waals surface area (Å²) < 4.78 is 0. The summed E-state index contributed by atoms with van der Waals surface area (Å²) in [6.07, 6.45) is 4.57. The summed E-state index contributed by atoms with van der Waals surface area (Å²) in [5, 5.41) is 2.85. The van der Waals surface area contributed by atoms with Crippen LogP contribution in [0.2, 0.25) is 0 Å². The molecule has 1 fully saturated rings. The van der Waals surface area contributed by atoms with Crippen molar-refractivity contribution in [2.24, 2.45) is 5.92 Å². The lowest BCUT2D eigenvalue weighted by molar-refractivity contribution is -0.126. The average molecular weight is 275 g/mol. The van der Waals surface area contributed by atoms with Crippen LogP contribution in [0.4, 0.5) is 5.69 Å². The zero-order chi connectivity index (χ0) is 14.7. The molecule has 0 saturated carbocycles. The molecule has 0 radical (unpaired) electrons. The molecule has 20 heavy (non-hydrogen) atoms. The molecule has 1 aromatic rings. The zero-order valence-electron chi connectivity index (χ0n) is 12.2. The molecule has 1 saturated heterocycles. The Balaban J connectivity index is 2.35. The van der Waals surface area contributed by atoms with E-state index in [1.165, 1.54) is 0 Å². The van der Waals surface area contributed by atoms with Crippen LogP contribution in [-0.2, 0) is 9.59 Å². The SMILES string of the molecule is CCC(C)C1NC(=O)CCN(c2cnccc2C)C1=O. The number of hydrogen-bond acceptors (Lipinski definition) is 3. The third kappa shape index (κ3) is 2.81. The van der Waals surface area contributed by atoms with Gasteiger partial charge in [0.15, 0.2) is 0 Å². The fourth-order valence-electron chi connectivity index (χ4n) is 2.40. The molecule has 2 unspecified atom stereocenters. The van der Waals surface area contributed by atoms with Crippen molar-refractivity contribution in [2.45, 2.75) is 39.7 Å². The first-order chi connectivity index (χ1) is 9.54. The second kappa shape index (κ2) is 6.03. The molecule has 2 amide bonds. The van der Waals surface area contributed by atoms with Crippen molar-refractivity contribution in [2.75, 3.05) is 11.4 Å². The summed E-state index contributed by atoms with van der Waals surface area (Å²) in [6.45, 7) is 6.37. The maximum atomic E-state index is 12.7. The van der Waals surface area contributed by atoms with Crippen molar-refractivity contribution in [1.82, 2.24) is 10.3 Å². The maximum Gasteiger partial charge on any atom is 0.249 e. The monoisotopic (exact) mass is 275 g/mol. The van der Waals surface area contributed by atoms with E-state index < -0.39 is 6.04 Å². The molecule has 0 aliphatic carbocycles. The summed E-state index contributed by atoms with van der Waals surface area (Å²) in [5.74, 6) is 0.0121. The first kappa shape index (κ1) is 14.5. The molecule has 2 atom stereocenters. The van der Waals surface area contributed by atoms with E-state index in [1.807, 2.05) is 26.8 Å². The highest BCUT2D eigenvalue weighted by Gasteiger charge is 2.34. The number of carbonyl (C=O) groups excluding carboxylic acids is 2. The molecule has 2 rings (SSSR count). The van der Waals surface area contributed by atoms with Crippen molar-refractivity contribution >= 4 is 17.5 Å². The molecule has 5 nitrogen and oxygen atoms in total. The molecular weight excluding hydrogens is 254 g/mol. The Kier molecular flexibility index (Phi) is 4.37. The molecule has 1 aliphatic rings. The largest absolute Gasteiger partial charge is 0.344 e. The summed E-state index contributed by atoms with van der Waals surface area (Å²) in [4.78, 5) is 30.3. The van der Waals surface area contributed by atoms with Crippen LogP contribution >= 0.6 is 0 Å². The van der Waals surface area contributed by atoms with Gasteiger partial charge in [-0.1, -0.05) is 20.3 Å². The number of rotatable bonds is 3. The lowest BCUT2D eigenvalue weighted by Gasteiger charge is -2.27. The molecule has 0 spiro atoms. The van der Waals surface area contributed by atoms with Gasteiger partial charge in [-0.3, -0.25) is 14.6 Å². The summed E-state index contributed by atoms with van der Waals surface area (Å²) in [6, 6.07) is 1.43. The third-order valence-corrected chi connectivity index (χ3v) is 3.93. The van der Waals surface area contributed by atoms with Gasteiger partial charge in [-0.15, -0.1) is 0 Å². The highest BCUT2D eigenvalue weighted by molar-refractivity contribution is 6.01. The average Bonchev–Trinajstić information content (AvgIpc) is 2.59. The van der Waals surface area contributed by atoms with E-state index in [1.54, 1.807) is 17.3 Å². The number of hydrogen-bond donors (Lipinski definition) is 1. The van der Waals surface area contributed by atoms with Gasteiger partial charge in [0.05, 0.1) is 11.9 Å². The lowest BCUT2D eigenvalue weighted by Crippen LogP contribution is -2.48. The van der Waals surface area contributed by atoms with E-state index in [0.29, 0.717) is 13.0 Å². The number of nitrogens with one attached hydrogen (secondary N) is 1. The maximum absolute atomic E-state index is 12.7. The van der Waals surface area contributed by atoms with E-state index in [9.17, 15) is 9.59 Å². The minimum Gasteiger partial charge on any atom is -0.344 e. The molecule has 5 heteroatoms. The van der Waals surface area contributed by atoms with Gasteiger partial charge >= 0.3 is 0 Å². The number of carbonyl (C=O) groups is 2. The minimum absolute atomic E-state index is 0.0405. The highest BCUT2D eigenvalue weighted by Crippen LogP contribution is 2.23. The van der Waals surface area contributed by atoms with Gasteiger partial charge in [-0.05, 0) is 24.5 Å². The first-order valence-corrected chi connectivity index (χ1v) is 7.06. The summed E-state index contributed by atoms with van der Waals surface area (Å²) in [7, 11) is 0. The minimum atomic E-state index is -0.449. The van der Waals surface area contributed by atoms with Crippen LogP contribution in [0.25, 0.3) is 0 Å². The molecule has 2 heterocycles. The fraction of sp³-hybridized carbons (Fsp3) is 0.533. The Morgan fingerprint density at radius 3 is 2.90 bits per heavy atom. The van der Waals surface area contributed by atoms with E-state index in [0.717, 1.165) is 17.7 Å². The molecule has 0 aromatic carbocycles. The topological polar surface area (TPSA) is 62.3 Å². The Morgan fingerprint density at radius 2 is 2.25 bits per heavy atom. The van der Waals surface area contributed by atoms with Crippen LogP contribution in [0, 0.1) is 12.8 Å². The zero-order valence-corrected chi connectivity index (χ0v) is 12.2. The molecule has 1 aromatic heterocycles. The standard InChI is InChI=1S/C15H21N3O2/c1-4-10(2)14-15(20)18(8-6-13(19)17-14)12-9-16-7-5-11(12)3/h5,7,9-10,14H,4,6,8H2,1-3H3,(H,17,19). The Morgan fingerprint density at radius 1 is 1.50 bits per heavy atom. The van der Waals surface area contributed by atoms with Crippen LogP contribution in [0.5, 0.6) is 0 Å². The van der Waals surface area contributed by atoms with Crippen molar-refractivity contribution in [3.63, 3.8) is 0 Å². The molecular formula is C15H21N3O2. The van der Waals surface area contributed by atoms with Crippen molar-refractivity contribution in [3.8, 4) is 0 Å². The van der Waals surface area contributed by atoms with Gasteiger partial charge < -0.3 is 10.2 Å². The van der Waals surface area contributed by atoms with Gasteiger partial charge in [0.25, 0.3) is 0 Å². The quantitative estimate of drug-likeness (QED) is 0.912. The Labute approximate surface area is 119 Å². The van der Waals surface area contributed by atoms with Crippen molar-refractivity contribution in [3.05, 3.63) is 24.0 Å². The van der Waals surface area contributed by atoms with E-state index in [-0.39, 0.29) is 17.7 Å². The van der Waals surface area contributed by atoms with Crippen LogP contribution < -0.4 is 10.2 Å². The summed E-state index contributed by atoms with van der Waals surface area (Å²) >= 11 is 0. The highest BCUT2D eigenvalue weighted by atomic mass is 16.2. The fourth-order valence-corrected chi connectivity index (χ4v) is 2.40. The third-order valence-electron chi connectivity index (χ3n) is 3.93. The van der Waals surface area contributed by atoms with Crippen molar-refractivity contribution in [1.29, 1.82) is 0 Å². The molecule has 108 valence electrons. The number of aromatic nitrogens is 1. The smallest absolute Gasteiger partial charge is 0.249 e. The van der Waals surface area contributed by atoms with Gasteiger partial charge in [0.1, 0.15) is 6.04 Å². The van der Waals surface area contributed by atoms with E-state index in [4.69, 9.17) is 0 Å². The van der Waals surface area contributed by atoms with Crippen LogP contribution in [0.1, 0.15) is 32.3 Å². The van der Waals surface area contributed by atoms with Gasteiger partial charge in [0, 0.05) is 19.2 Å². The second-order valence-electron chi connectivity index (χ2n) is 5.33. The predicted octanol–water partition coefficient (Wildman–Crippen LogP) is 1.66. The van der Waals surface area contributed by atoms with Gasteiger partial charge in [-0.2, -0.15) is 0 Å².